The van der Waals surface area contributed by atoms with E-state index >= 15 is 0 Å². The highest BCUT2D eigenvalue weighted by molar-refractivity contribution is 7.90. The Morgan fingerprint density at radius 3 is 2.29 bits per heavy atom. The summed E-state index contributed by atoms with van der Waals surface area (Å²) < 4.78 is 27.3. The van der Waals surface area contributed by atoms with Crippen molar-refractivity contribution in [3.8, 4) is 0 Å². The lowest BCUT2D eigenvalue weighted by Gasteiger charge is -2.22. The fraction of sp³-hybridized carbons (Fsp3) is 0.500. The van der Waals surface area contributed by atoms with Gasteiger partial charge in [-0.25, -0.2) is 13.1 Å². The van der Waals surface area contributed by atoms with Crippen molar-refractivity contribution in [3.63, 3.8) is 0 Å². The summed E-state index contributed by atoms with van der Waals surface area (Å²) in [4.78, 5) is 23.9. The van der Waals surface area contributed by atoms with Crippen molar-refractivity contribution in [3.05, 3.63) is 35.9 Å². The maximum absolute atomic E-state index is 12.4. The molecule has 0 aliphatic rings. The maximum Gasteiger partial charge on any atom is 0.303 e. The number of amides is 1. The topological polar surface area (TPSA) is 104 Å². The van der Waals surface area contributed by atoms with Gasteiger partial charge in [0, 0.05) is 26.6 Å². The summed E-state index contributed by atoms with van der Waals surface area (Å²) in [5, 5.41) is 7.62. The van der Waals surface area contributed by atoms with Gasteiger partial charge in [0.1, 0.15) is 0 Å². The molecule has 134 valence electrons. The van der Waals surface area contributed by atoms with Crippen molar-refractivity contribution < 1.29 is 23.1 Å². The van der Waals surface area contributed by atoms with E-state index in [0.29, 0.717) is 6.42 Å². The molecule has 0 aliphatic heterocycles. The number of rotatable bonds is 9. The summed E-state index contributed by atoms with van der Waals surface area (Å²) in [5.41, 5.74) is 0.891. The van der Waals surface area contributed by atoms with E-state index in [2.05, 4.69) is 4.72 Å². The van der Waals surface area contributed by atoms with Crippen LogP contribution in [0, 0.1) is 0 Å². The van der Waals surface area contributed by atoms with Gasteiger partial charge in [0.15, 0.2) is 5.25 Å². The van der Waals surface area contributed by atoms with Crippen LogP contribution < -0.4 is 4.72 Å². The Balaban J connectivity index is 2.90. The molecule has 1 aromatic rings. The van der Waals surface area contributed by atoms with Crippen LogP contribution in [0.2, 0.25) is 0 Å². The minimum absolute atomic E-state index is 0.145. The van der Waals surface area contributed by atoms with Gasteiger partial charge in [-0.1, -0.05) is 30.3 Å². The van der Waals surface area contributed by atoms with Gasteiger partial charge in [-0.3, -0.25) is 9.59 Å². The van der Waals surface area contributed by atoms with Crippen molar-refractivity contribution >= 4 is 21.9 Å². The van der Waals surface area contributed by atoms with Gasteiger partial charge in [0.25, 0.3) is 0 Å². The Labute approximate surface area is 142 Å². The third kappa shape index (κ3) is 6.29. The predicted octanol–water partition coefficient (Wildman–Crippen LogP) is 0.859. The number of nitrogens with one attached hydrogen (secondary N) is 1. The van der Waals surface area contributed by atoms with Gasteiger partial charge in [-0.15, -0.1) is 0 Å². The van der Waals surface area contributed by atoms with Gasteiger partial charge in [0.05, 0.1) is 0 Å². The van der Waals surface area contributed by atoms with Crippen LogP contribution in [0.25, 0.3) is 0 Å². The molecule has 8 heteroatoms. The van der Waals surface area contributed by atoms with Gasteiger partial charge >= 0.3 is 5.97 Å². The van der Waals surface area contributed by atoms with Crippen molar-refractivity contribution in [2.45, 2.75) is 37.5 Å². The van der Waals surface area contributed by atoms with Gasteiger partial charge in [-0.2, -0.15) is 0 Å². The number of benzene rings is 1. The lowest BCUT2D eigenvalue weighted by molar-refractivity contribution is -0.137. The lowest BCUT2D eigenvalue weighted by atomic mass is 10.0. The van der Waals surface area contributed by atoms with E-state index in [0.717, 1.165) is 5.56 Å². The Kier molecular flexibility index (Phi) is 7.37. The molecule has 1 amide bonds. The minimum atomic E-state index is -3.91. The Hall–Kier alpha value is -1.93. The summed E-state index contributed by atoms with van der Waals surface area (Å²) in [6.45, 7) is 1.32. The normalized spacial score (nSPS) is 14.0. The molecule has 1 rings (SSSR count). The zero-order valence-corrected chi connectivity index (χ0v) is 14.9. The number of hydrogen-bond acceptors (Lipinski definition) is 4. The van der Waals surface area contributed by atoms with E-state index in [1.807, 2.05) is 30.3 Å². The van der Waals surface area contributed by atoms with E-state index in [1.54, 1.807) is 0 Å². The van der Waals surface area contributed by atoms with Crippen LogP contribution in [0.15, 0.2) is 30.3 Å². The van der Waals surface area contributed by atoms with E-state index < -0.39 is 33.2 Å². The van der Waals surface area contributed by atoms with Crippen molar-refractivity contribution in [1.82, 2.24) is 9.62 Å². The van der Waals surface area contributed by atoms with Crippen molar-refractivity contribution in [2.75, 3.05) is 14.1 Å². The van der Waals surface area contributed by atoms with Crippen LogP contribution in [0.1, 0.15) is 25.3 Å². The zero-order chi connectivity index (χ0) is 18.3. The highest BCUT2D eigenvalue weighted by Crippen LogP contribution is 2.11. The van der Waals surface area contributed by atoms with Gasteiger partial charge in [0.2, 0.25) is 15.9 Å². The van der Waals surface area contributed by atoms with E-state index in [4.69, 9.17) is 5.11 Å². The molecule has 0 radical (unpaired) electrons. The molecule has 7 nitrogen and oxygen atoms in total. The molecule has 0 aromatic heterocycles. The molecule has 2 N–H and O–H groups in total. The second kappa shape index (κ2) is 8.79. The summed E-state index contributed by atoms with van der Waals surface area (Å²) >= 11 is 0. The molecule has 0 aliphatic carbocycles. The van der Waals surface area contributed by atoms with Crippen LogP contribution in [0.4, 0.5) is 0 Å². The molecule has 0 heterocycles. The first kappa shape index (κ1) is 20.1. The number of carbonyl (C=O) groups excluding carboxylic acids is 1. The van der Waals surface area contributed by atoms with Gasteiger partial charge < -0.3 is 10.0 Å². The number of carboxylic acid groups (broad SMARTS) is 1. The SMILES string of the molecule is CC(C(=O)N(C)C)S(=O)(=O)NC(CCC(=O)O)Cc1ccccc1. The highest BCUT2D eigenvalue weighted by atomic mass is 32.2. The number of nitrogens with zero attached hydrogens (tertiary/aromatic N) is 1. The van der Waals surface area contributed by atoms with Crippen LogP contribution in [0.5, 0.6) is 0 Å². The molecule has 0 saturated carbocycles. The van der Waals surface area contributed by atoms with Crippen molar-refractivity contribution in [2.24, 2.45) is 0 Å². The molecular weight excluding hydrogens is 332 g/mol. The summed E-state index contributed by atoms with van der Waals surface area (Å²) in [6, 6.07) is 8.60. The average molecular weight is 356 g/mol. The lowest BCUT2D eigenvalue weighted by Crippen LogP contribution is -2.47. The first-order valence-corrected chi connectivity index (χ1v) is 9.16. The number of hydrogen-bond donors (Lipinski definition) is 2. The second-order valence-corrected chi connectivity index (χ2v) is 7.89. The first-order chi connectivity index (χ1) is 11.1. The van der Waals surface area contributed by atoms with Crippen molar-refractivity contribution in [1.29, 1.82) is 0 Å². The maximum atomic E-state index is 12.4. The van der Waals surface area contributed by atoms with E-state index in [1.165, 1.54) is 25.9 Å². The molecule has 0 bridgehead atoms. The third-order valence-electron chi connectivity index (χ3n) is 3.62. The Bertz CT molecular complexity index is 658. The summed E-state index contributed by atoms with van der Waals surface area (Å²) in [7, 11) is -0.933. The number of carboxylic acids is 1. The second-order valence-electron chi connectivity index (χ2n) is 5.86. The molecule has 24 heavy (non-hydrogen) atoms. The molecule has 2 atom stereocenters. The van der Waals surface area contributed by atoms with Crippen LogP contribution in [-0.2, 0) is 26.0 Å². The molecule has 0 saturated heterocycles. The Morgan fingerprint density at radius 1 is 1.21 bits per heavy atom. The van der Waals surface area contributed by atoms with Gasteiger partial charge in [-0.05, 0) is 25.3 Å². The van der Waals surface area contributed by atoms with Crippen LogP contribution >= 0.6 is 0 Å². The standard InChI is InChI=1S/C16H24N2O5S/c1-12(16(21)18(2)3)24(22,23)17-14(9-10-15(19)20)11-13-7-5-4-6-8-13/h4-8,12,14,17H,9-11H2,1-3H3,(H,19,20). The number of aliphatic carboxylic acids is 1. The molecule has 1 aromatic carbocycles. The fourth-order valence-electron chi connectivity index (χ4n) is 2.23. The highest BCUT2D eigenvalue weighted by Gasteiger charge is 2.31. The first-order valence-electron chi connectivity index (χ1n) is 7.61. The monoisotopic (exact) mass is 356 g/mol. The number of carbonyl (C=O) groups is 2. The molecule has 0 spiro atoms. The Morgan fingerprint density at radius 2 is 1.79 bits per heavy atom. The smallest absolute Gasteiger partial charge is 0.303 e. The third-order valence-corrected chi connectivity index (χ3v) is 5.41. The van der Waals surface area contributed by atoms with E-state index in [9.17, 15) is 18.0 Å². The predicted molar refractivity (Wildman–Crippen MR) is 91.0 cm³/mol. The van der Waals surface area contributed by atoms with Crippen LogP contribution in [-0.4, -0.2) is 55.7 Å². The molecule has 0 fully saturated rings. The summed E-state index contributed by atoms with van der Waals surface area (Å²) in [6.07, 6.45) is 0.346. The minimum Gasteiger partial charge on any atom is -0.481 e. The van der Waals surface area contributed by atoms with Crippen LogP contribution in [0.3, 0.4) is 0 Å². The average Bonchev–Trinajstić information content (AvgIpc) is 2.51. The van der Waals surface area contributed by atoms with E-state index in [-0.39, 0.29) is 12.8 Å². The number of sulfonamides is 1. The largest absolute Gasteiger partial charge is 0.481 e. The quantitative estimate of drug-likeness (QED) is 0.683. The molecule has 2 unspecified atom stereocenters. The fourth-order valence-corrected chi connectivity index (χ4v) is 3.58. The zero-order valence-electron chi connectivity index (χ0n) is 14.1. The summed E-state index contributed by atoms with van der Waals surface area (Å²) in [5.74, 6) is -1.52. The molecular formula is C16H24N2O5S.